The van der Waals surface area contributed by atoms with E-state index in [2.05, 4.69) is 21.2 Å². The zero-order valence-electron chi connectivity index (χ0n) is 11.7. The lowest BCUT2D eigenvalue weighted by molar-refractivity contribution is -0.123. The molecule has 0 radical (unpaired) electrons. The van der Waals surface area contributed by atoms with Crippen LogP contribution in [0.1, 0.15) is 24.0 Å². The number of hydrogen-bond donors (Lipinski definition) is 2. The first-order valence-electron chi connectivity index (χ1n) is 6.98. The van der Waals surface area contributed by atoms with Crippen molar-refractivity contribution in [1.82, 2.24) is 5.32 Å². The minimum Gasteiger partial charge on any atom is -0.483 e. The Morgan fingerprint density at radius 3 is 2.90 bits per heavy atom. The molecule has 0 aromatic heterocycles. The van der Waals surface area contributed by atoms with Gasteiger partial charge in [0.15, 0.2) is 6.61 Å². The zero-order valence-corrected chi connectivity index (χ0v) is 13.3. The first-order valence-corrected chi connectivity index (χ1v) is 7.78. The van der Waals surface area contributed by atoms with Crippen LogP contribution in [0.5, 0.6) is 5.75 Å². The predicted molar refractivity (Wildman–Crippen MR) is 82.9 cm³/mol. The normalized spacial score (nSPS) is 14.2. The van der Waals surface area contributed by atoms with Crippen LogP contribution in [-0.4, -0.2) is 25.6 Å². The third-order valence-corrected chi connectivity index (χ3v) is 3.82. The molecule has 1 saturated carbocycles. The van der Waals surface area contributed by atoms with Crippen molar-refractivity contribution in [2.24, 2.45) is 11.7 Å². The second-order valence-corrected chi connectivity index (χ2v) is 6.20. The van der Waals surface area contributed by atoms with Crippen molar-refractivity contribution in [2.45, 2.75) is 26.2 Å². The molecule has 0 heterocycles. The number of halogens is 1. The van der Waals surface area contributed by atoms with Crippen molar-refractivity contribution in [3.8, 4) is 5.75 Å². The zero-order chi connectivity index (χ0) is 14.5. The summed E-state index contributed by atoms with van der Waals surface area (Å²) in [6.07, 6.45) is 3.19. The van der Waals surface area contributed by atoms with Gasteiger partial charge in [0.1, 0.15) is 5.75 Å². The molecule has 1 aromatic rings. The van der Waals surface area contributed by atoms with Crippen LogP contribution in [0.2, 0.25) is 0 Å². The van der Waals surface area contributed by atoms with Crippen LogP contribution in [0.15, 0.2) is 16.6 Å². The summed E-state index contributed by atoms with van der Waals surface area (Å²) in [7, 11) is 0. The SMILES string of the molecule is Cc1cc(Br)cc(CCN)c1OCC(=O)NCC1CC1. The molecule has 1 aliphatic rings. The summed E-state index contributed by atoms with van der Waals surface area (Å²) in [6.45, 7) is 3.37. The van der Waals surface area contributed by atoms with E-state index in [1.165, 1.54) is 12.8 Å². The third kappa shape index (κ3) is 4.49. The second kappa shape index (κ2) is 7.09. The number of amides is 1. The van der Waals surface area contributed by atoms with Gasteiger partial charge in [-0.1, -0.05) is 15.9 Å². The van der Waals surface area contributed by atoms with Crippen LogP contribution in [0.3, 0.4) is 0 Å². The monoisotopic (exact) mass is 340 g/mol. The summed E-state index contributed by atoms with van der Waals surface area (Å²) in [5.41, 5.74) is 7.67. The van der Waals surface area contributed by atoms with Crippen molar-refractivity contribution < 1.29 is 9.53 Å². The summed E-state index contributed by atoms with van der Waals surface area (Å²) in [6, 6.07) is 3.98. The summed E-state index contributed by atoms with van der Waals surface area (Å²) in [4.78, 5) is 11.7. The number of aryl methyl sites for hydroxylation is 1. The lowest BCUT2D eigenvalue weighted by Crippen LogP contribution is -2.30. The lowest BCUT2D eigenvalue weighted by atomic mass is 10.1. The fourth-order valence-electron chi connectivity index (χ4n) is 2.12. The Morgan fingerprint density at radius 1 is 1.50 bits per heavy atom. The standard InChI is InChI=1S/C15H21BrN2O2/c1-10-6-13(16)7-12(4-5-17)15(10)20-9-14(19)18-8-11-2-3-11/h6-7,11H,2-5,8-9,17H2,1H3,(H,18,19). The van der Waals surface area contributed by atoms with Crippen molar-refractivity contribution in [2.75, 3.05) is 19.7 Å². The molecule has 0 saturated heterocycles. The fraction of sp³-hybridized carbons (Fsp3) is 0.533. The second-order valence-electron chi connectivity index (χ2n) is 5.29. The Kier molecular flexibility index (Phi) is 5.43. The maximum absolute atomic E-state index is 11.7. The molecule has 3 N–H and O–H groups in total. The molecule has 1 amide bonds. The Morgan fingerprint density at radius 2 is 2.25 bits per heavy atom. The molecule has 0 unspecified atom stereocenters. The highest BCUT2D eigenvalue weighted by Crippen LogP contribution is 2.29. The van der Waals surface area contributed by atoms with Gasteiger partial charge in [-0.25, -0.2) is 0 Å². The Hall–Kier alpha value is -1.07. The average Bonchev–Trinajstić information content (AvgIpc) is 3.19. The minimum absolute atomic E-state index is 0.0575. The van der Waals surface area contributed by atoms with E-state index in [9.17, 15) is 4.79 Å². The van der Waals surface area contributed by atoms with Gasteiger partial charge in [0.2, 0.25) is 0 Å². The van der Waals surface area contributed by atoms with Crippen LogP contribution in [0, 0.1) is 12.8 Å². The number of ether oxygens (including phenoxy) is 1. The van der Waals surface area contributed by atoms with E-state index in [4.69, 9.17) is 10.5 Å². The predicted octanol–water partition coefficient (Wildman–Crippen LogP) is 2.16. The van der Waals surface area contributed by atoms with E-state index in [0.717, 1.165) is 34.3 Å². The summed E-state index contributed by atoms with van der Waals surface area (Å²) < 4.78 is 6.71. The average molecular weight is 341 g/mol. The molecule has 0 atom stereocenters. The highest BCUT2D eigenvalue weighted by atomic mass is 79.9. The first kappa shape index (κ1) is 15.3. The van der Waals surface area contributed by atoms with Gasteiger partial charge in [0.05, 0.1) is 0 Å². The van der Waals surface area contributed by atoms with E-state index < -0.39 is 0 Å². The van der Waals surface area contributed by atoms with Gasteiger partial charge in [-0.05, 0) is 61.9 Å². The number of nitrogens with one attached hydrogen (secondary N) is 1. The lowest BCUT2D eigenvalue weighted by Gasteiger charge is -2.14. The van der Waals surface area contributed by atoms with E-state index in [0.29, 0.717) is 12.5 Å². The number of carbonyl (C=O) groups excluding carboxylic acids is 1. The molecule has 2 rings (SSSR count). The van der Waals surface area contributed by atoms with Crippen molar-refractivity contribution in [1.29, 1.82) is 0 Å². The number of rotatable bonds is 7. The number of benzene rings is 1. The molecule has 0 bridgehead atoms. The molecule has 1 fully saturated rings. The number of nitrogens with two attached hydrogens (primary N) is 1. The quantitative estimate of drug-likeness (QED) is 0.799. The van der Waals surface area contributed by atoms with Gasteiger partial charge in [-0.15, -0.1) is 0 Å². The fourth-order valence-corrected chi connectivity index (χ4v) is 2.74. The molecule has 1 aliphatic carbocycles. The molecule has 20 heavy (non-hydrogen) atoms. The summed E-state index contributed by atoms with van der Waals surface area (Å²) in [5.74, 6) is 1.40. The molecule has 0 spiro atoms. The van der Waals surface area contributed by atoms with Gasteiger partial charge < -0.3 is 15.8 Å². The minimum atomic E-state index is -0.0575. The van der Waals surface area contributed by atoms with Gasteiger partial charge in [-0.3, -0.25) is 4.79 Å². The van der Waals surface area contributed by atoms with Gasteiger partial charge in [0, 0.05) is 11.0 Å². The molecule has 5 heteroatoms. The summed E-state index contributed by atoms with van der Waals surface area (Å²) >= 11 is 3.47. The van der Waals surface area contributed by atoms with E-state index in [1.54, 1.807) is 0 Å². The van der Waals surface area contributed by atoms with E-state index in [1.807, 2.05) is 19.1 Å². The molecule has 1 aromatic carbocycles. The molecule has 4 nitrogen and oxygen atoms in total. The Labute approximate surface area is 128 Å². The molecular formula is C15H21BrN2O2. The van der Waals surface area contributed by atoms with Crippen LogP contribution in [0.4, 0.5) is 0 Å². The molecule has 110 valence electrons. The highest BCUT2D eigenvalue weighted by molar-refractivity contribution is 9.10. The third-order valence-electron chi connectivity index (χ3n) is 3.36. The first-order chi connectivity index (χ1) is 9.60. The number of hydrogen-bond acceptors (Lipinski definition) is 3. The van der Waals surface area contributed by atoms with Crippen LogP contribution >= 0.6 is 15.9 Å². The maximum atomic E-state index is 11.7. The highest BCUT2D eigenvalue weighted by Gasteiger charge is 2.21. The Bertz CT molecular complexity index is 487. The largest absolute Gasteiger partial charge is 0.483 e. The topological polar surface area (TPSA) is 64.3 Å². The smallest absolute Gasteiger partial charge is 0.257 e. The van der Waals surface area contributed by atoms with Crippen molar-refractivity contribution in [3.05, 3.63) is 27.7 Å². The molecular weight excluding hydrogens is 320 g/mol. The van der Waals surface area contributed by atoms with Gasteiger partial charge in [0.25, 0.3) is 5.91 Å². The van der Waals surface area contributed by atoms with Crippen molar-refractivity contribution in [3.63, 3.8) is 0 Å². The van der Waals surface area contributed by atoms with Crippen LogP contribution in [0.25, 0.3) is 0 Å². The van der Waals surface area contributed by atoms with Gasteiger partial charge >= 0.3 is 0 Å². The molecule has 0 aliphatic heterocycles. The number of carbonyl (C=O) groups is 1. The maximum Gasteiger partial charge on any atom is 0.257 e. The van der Waals surface area contributed by atoms with Crippen LogP contribution in [-0.2, 0) is 11.2 Å². The summed E-state index contributed by atoms with van der Waals surface area (Å²) in [5, 5.41) is 2.90. The van der Waals surface area contributed by atoms with E-state index >= 15 is 0 Å². The van der Waals surface area contributed by atoms with Crippen LogP contribution < -0.4 is 15.8 Å². The van der Waals surface area contributed by atoms with Crippen molar-refractivity contribution >= 4 is 21.8 Å². The van der Waals surface area contributed by atoms with E-state index in [-0.39, 0.29) is 12.5 Å². The van der Waals surface area contributed by atoms with Gasteiger partial charge in [-0.2, -0.15) is 0 Å². The Balaban J connectivity index is 1.94.